The number of esters is 1. The summed E-state index contributed by atoms with van der Waals surface area (Å²) in [5, 5.41) is 13.8. The summed E-state index contributed by atoms with van der Waals surface area (Å²) in [6.45, 7) is 0.560. The monoisotopic (exact) mass is 392 g/mol. The van der Waals surface area contributed by atoms with Gasteiger partial charge in [-0.25, -0.2) is 4.79 Å². The number of carbonyl (C=O) groups excluding carboxylic acids is 2. The number of hydrogen-bond donors (Lipinski definition) is 2. The normalized spacial score (nSPS) is 10.1. The van der Waals surface area contributed by atoms with Crippen LogP contribution in [0.3, 0.4) is 0 Å². The van der Waals surface area contributed by atoms with Crippen molar-refractivity contribution in [3.63, 3.8) is 0 Å². The fourth-order valence-electron chi connectivity index (χ4n) is 2.52. The van der Waals surface area contributed by atoms with Crippen molar-refractivity contribution in [1.29, 1.82) is 0 Å². The molecule has 2 aromatic carbocycles. The lowest BCUT2D eigenvalue weighted by atomic mass is 10.2. The van der Waals surface area contributed by atoms with Crippen LogP contribution in [0.15, 0.2) is 60.7 Å². The van der Waals surface area contributed by atoms with Gasteiger partial charge in [-0.05, 0) is 48.0 Å². The van der Waals surface area contributed by atoms with Gasteiger partial charge in [0.2, 0.25) is 0 Å². The molecule has 8 heteroatoms. The van der Waals surface area contributed by atoms with E-state index in [0.717, 1.165) is 11.3 Å². The first-order chi connectivity index (χ1) is 14.1. The molecule has 1 heterocycles. The Morgan fingerprint density at radius 3 is 2.41 bits per heavy atom. The SMILES string of the molecule is COC(=O)c1cccc(NC(=O)c2ccc(NCc3ccc(OC)cc3)nn2)c1. The summed E-state index contributed by atoms with van der Waals surface area (Å²) >= 11 is 0. The topological polar surface area (TPSA) is 102 Å². The Labute approximate surface area is 167 Å². The third-order valence-corrected chi connectivity index (χ3v) is 4.07. The number of benzene rings is 2. The lowest BCUT2D eigenvalue weighted by Crippen LogP contribution is -2.15. The number of nitrogens with one attached hydrogen (secondary N) is 2. The molecule has 148 valence electrons. The van der Waals surface area contributed by atoms with E-state index in [2.05, 4.69) is 25.6 Å². The van der Waals surface area contributed by atoms with Crippen LogP contribution in [0.1, 0.15) is 26.4 Å². The van der Waals surface area contributed by atoms with Crippen molar-refractivity contribution >= 4 is 23.4 Å². The van der Waals surface area contributed by atoms with Gasteiger partial charge in [0.05, 0.1) is 19.8 Å². The van der Waals surface area contributed by atoms with Crippen LogP contribution in [0.4, 0.5) is 11.5 Å². The van der Waals surface area contributed by atoms with Gasteiger partial charge in [0.1, 0.15) is 11.6 Å². The Morgan fingerprint density at radius 2 is 1.76 bits per heavy atom. The number of anilines is 2. The van der Waals surface area contributed by atoms with Crippen LogP contribution in [-0.2, 0) is 11.3 Å². The van der Waals surface area contributed by atoms with Gasteiger partial charge in [0.15, 0.2) is 5.69 Å². The van der Waals surface area contributed by atoms with Gasteiger partial charge < -0.3 is 20.1 Å². The number of ether oxygens (including phenoxy) is 2. The molecular formula is C21H20N4O4. The highest BCUT2D eigenvalue weighted by molar-refractivity contribution is 6.03. The summed E-state index contributed by atoms with van der Waals surface area (Å²) < 4.78 is 9.80. The van der Waals surface area contributed by atoms with E-state index < -0.39 is 11.9 Å². The molecule has 0 atom stereocenters. The molecule has 8 nitrogen and oxygen atoms in total. The first kappa shape index (κ1) is 19.8. The van der Waals surface area contributed by atoms with Crippen molar-refractivity contribution in [1.82, 2.24) is 10.2 Å². The highest BCUT2D eigenvalue weighted by Crippen LogP contribution is 2.14. The number of rotatable bonds is 7. The largest absolute Gasteiger partial charge is 0.497 e. The van der Waals surface area contributed by atoms with Gasteiger partial charge in [-0.1, -0.05) is 18.2 Å². The van der Waals surface area contributed by atoms with Gasteiger partial charge in [-0.15, -0.1) is 10.2 Å². The van der Waals surface area contributed by atoms with E-state index in [9.17, 15) is 9.59 Å². The zero-order valence-corrected chi connectivity index (χ0v) is 16.0. The van der Waals surface area contributed by atoms with Crippen LogP contribution < -0.4 is 15.4 Å². The standard InChI is InChI=1S/C21H20N4O4/c1-28-17-8-6-14(7-9-17)13-22-19-11-10-18(24-25-19)20(26)23-16-5-3-4-15(12-16)21(27)29-2/h3-12H,13H2,1-2H3,(H,22,25)(H,23,26). The smallest absolute Gasteiger partial charge is 0.337 e. The van der Waals surface area contributed by atoms with Crippen molar-refractivity contribution in [2.45, 2.75) is 6.54 Å². The number of aromatic nitrogens is 2. The van der Waals surface area contributed by atoms with E-state index in [-0.39, 0.29) is 5.69 Å². The van der Waals surface area contributed by atoms with E-state index in [1.165, 1.54) is 13.2 Å². The number of hydrogen-bond acceptors (Lipinski definition) is 7. The molecule has 3 aromatic rings. The highest BCUT2D eigenvalue weighted by Gasteiger charge is 2.11. The highest BCUT2D eigenvalue weighted by atomic mass is 16.5. The molecule has 0 aliphatic heterocycles. The predicted octanol–water partition coefficient (Wildman–Crippen LogP) is 3.14. The molecule has 0 unspecified atom stereocenters. The van der Waals surface area contributed by atoms with Crippen LogP contribution in [0.25, 0.3) is 0 Å². The van der Waals surface area contributed by atoms with Crippen LogP contribution in [0.2, 0.25) is 0 Å². The molecule has 0 spiro atoms. The predicted molar refractivity (Wildman–Crippen MR) is 108 cm³/mol. The van der Waals surface area contributed by atoms with Crippen molar-refractivity contribution < 1.29 is 19.1 Å². The van der Waals surface area contributed by atoms with Gasteiger partial charge >= 0.3 is 5.97 Å². The van der Waals surface area contributed by atoms with E-state index in [1.807, 2.05) is 24.3 Å². The maximum Gasteiger partial charge on any atom is 0.337 e. The summed E-state index contributed by atoms with van der Waals surface area (Å²) in [6, 6.07) is 17.4. The Bertz CT molecular complexity index is 988. The molecule has 2 N–H and O–H groups in total. The zero-order valence-electron chi connectivity index (χ0n) is 16.0. The first-order valence-electron chi connectivity index (χ1n) is 8.79. The van der Waals surface area contributed by atoms with Crippen LogP contribution >= 0.6 is 0 Å². The number of nitrogens with zero attached hydrogens (tertiary/aromatic N) is 2. The summed E-state index contributed by atoms with van der Waals surface area (Å²) in [4.78, 5) is 23.9. The van der Waals surface area contributed by atoms with Gasteiger partial charge in [-0.2, -0.15) is 0 Å². The molecule has 3 rings (SSSR count). The second-order valence-electron chi connectivity index (χ2n) is 6.03. The van der Waals surface area contributed by atoms with Crippen molar-refractivity contribution in [3.8, 4) is 5.75 Å². The van der Waals surface area contributed by atoms with Gasteiger partial charge in [0, 0.05) is 12.2 Å². The van der Waals surface area contributed by atoms with Crippen LogP contribution in [0.5, 0.6) is 5.75 Å². The number of carbonyl (C=O) groups is 2. The minimum Gasteiger partial charge on any atom is -0.497 e. The van der Waals surface area contributed by atoms with Crippen molar-refractivity contribution in [2.24, 2.45) is 0 Å². The molecule has 0 bridgehead atoms. The van der Waals surface area contributed by atoms with Crippen LogP contribution in [-0.4, -0.2) is 36.3 Å². The molecule has 29 heavy (non-hydrogen) atoms. The Hall–Kier alpha value is -3.94. The van der Waals surface area contributed by atoms with E-state index >= 15 is 0 Å². The third kappa shape index (κ3) is 5.29. The summed E-state index contributed by atoms with van der Waals surface area (Å²) in [6.07, 6.45) is 0. The molecule has 0 saturated carbocycles. The minimum atomic E-state index is -0.479. The fourth-order valence-corrected chi connectivity index (χ4v) is 2.52. The summed E-state index contributed by atoms with van der Waals surface area (Å²) in [5.41, 5.74) is 2.01. The van der Waals surface area contributed by atoms with Gasteiger partial charge in [0.25, 0.3) is 5.91 Å². The Balaban J connectivity index is 1.59. The molecule has 0 radical (unpaired) electrons. The summed E-state index contributed by atoms with van der Waals surface area (Å²) in [5.74, 6) is 0.431. The maximum absolute atomic E-state index is 12.4. The molecule has 1 aromatic heterocycles. The lowest BCUT2D eigenvalue weighted by Gasteiger charge is -2.08. The minimum absolute atomic E-state index is 0.156. The van der Waals surface area contributed by atoms with Crippen molar-refractivity contribution in [2.75, 3.05) is 24.9 Å². The molecule has 0 saturated heterocycles. The second kappa shape index (κ2) is 9.32. The average Bonchev–Trinajstić information content (AvgIpc) is 2.78. The van der Waals surface area contributed by atoms with Crippen LogP contribution in [0, 0.1) is 0 Å². The lowest BCUT2D eigenvalue weighted by molar-refractivity contribution is 0.0600. The first-order valence-corrected chi connectivity index (χ1v) is 8.79. The summed E-state index contributed by atoms with van der Waals surface area (Å²) in [7, 11) is 2.92. The molecular weight excluding hydrogens is 372 g/mol. The quantitative estimate of drug-likeness (QED) is 0.596. The van der Waals surface area contributed by atoms with E-state index in [4.69, 9.17) is 4.74 Å². The maximum atomic E-state index is 12.4. The number of amides is 1. The zero-order chi connectivity index (χ0) is 20.6. The molecule has 0 aliphatic carbocycles. The van der Waals surface area contributed by atoms with Crippen molar-refractivity contribution in [3.05, 3.63) is 77.5 Å². The molecule has 0 aliphatic rings. The Kier molecular flexibility index (Phi) is 6.36. The Morgan fingerprint density at radius 1 is 0.966 bits per heavy atom. The van der Waals surface area contributed by atoms with Gasteiger partial charge in [-0.3, -0.25) is 4.79 Å². The molecule has 1 amide bonds. The third-order valence-electron chi connectivity index (χ3n) is 4.07. The fraction of sp³-hybridized carbons (Fsp3) is 0.143. The van der Waals surface area contributed by atoms with E-state index in [1.54, 1.807) is 37.4 Å². The second-order valence-corrected chi connectivity index (χ2v) is 6.03. The number of methoxy groups -OCH3 is 2. The van der Waals surface area contributed by atoms with E-state index in [0.29, 0.717) is 23.6 Å². The average molecular weight is 392 g/mol. The molecule has 0 fully saturated rings.